The number of nitrogens with zero attached hydrogens (tertiary/aromatic N) is 3. The first kappa shape index (κ1) is 12.5. The van der Waals surface area contributed by atoms with E-state index in [2.05, 4.69) is 29.8 Å². The Hall–Kier alpha value is -0.590. The van der Waals surface area contributed by atoms with Crippen molar-refractivity contribution in [3.8, 4) is 6.07 Å². The highest BCUT2D eigenvalue weighted by atomic mass is 15.3. The summed E-state index contributed by atoms with van der Waals surface area (Å²) in [6, 6.07) is 3.01. The molecule has 1 saturated heterocycles. The normalized spacial score (nSPS) is 25.1. The predicted octanol–water partition coefficient (Wildman–Crippen LogP) is 1.56. The Morgan fingerprint density at radius 2 is 2.07 bits per heavy atom. The van der Waals surface area contributed by atoms with Crippen LogP contribution in [0.25, 0.3) is 0 Å². The maximum absolute atomic E-state index is 8.94. The van der Waals surface area contributed by atoms with Crippen LogP contribution in [0.3, 0.4) is 0 Å². The van der Waals surface area contributed by atoms with Gasteiger partial charge in [0.05, 0.1) is 11.5 Å². The van der Waals surface area contributed by atoms with E-state index in [1.807, 2.05) is 13.8 Å². The van der Waals surface area contributed by atoms with Gasteiger partial charge in [-0.05, 0) is 40.8 Å². The van der Waals surface area contributed by atoms with Crippen molar-refractivity contribution in [2.24, 2.45) is 5.41 Å². The van der Waals surface area contributed by atoms with Crippen molar-refractivity contribution >= 4 is 0 Å². The quantitative estimate of drug-likeness (QED) is 0.706. The van der Waals surface area contributed by atoms with Crippen LogP contribution in [0.15, 0.2) is 0 Å². The summed E-state index contributed by atoms with van der Waals surface area (Å²) in [7, 11) is 2.18. The number of rotatable bonds is 3. The molecule has 86 valence electrons. The van der Waals surface area contributed by atoms with Gasteiger partial charge in [-0.25, -0.2) is 0 Å². The van der Waals surface area contributed by atoms with E-state index < -0.39 is 0 Å². The lowest BCUT2D eigenvalue weighted by Crippen LogP contribution is -2.50. The van der Waals surface area contributed by atoms with E-state index in [4.69, 9.17) is 5.26 Å². The van der Waals surface area contributed by atoms with E-state index in [0.29, 0.717) is 6.04 Å². The van der Waals surface area contributed by atoms with Gasteiger partial charge in [-0.3, -0.25) is 0 Å². The lowest BCUT2D eigenvalue weighted by molar-refractivity contribution is 0.0984. The number of hydrogen-bond donors (Lipinski definition) is 0. The Morgan fingerprint density at radius 1 is 1.40 bits per heavy atom. The van der Waals surface area contributed by atoms with Crippen LogP contribution in [0.5, 0.6) is 0 Å². The Bertz CT molecular complexity index is 242. The van der Waals surface area contributed by atoms with Crippen molar-refractivity contribution in [3.05, 3.63) is 0 Å². The van der Waals surface area contributed by atoms with E-state index in [9.17, 15) is 0 Å². The van der Waals surface area contributed by atoms with Crippen LogP contribution in [0.2, 0.25) is 0 Å². The Kier molecular flexibility index (Phi) is 4.12. The minimum absolute atomic E-state index is 0.174. The van der Waals surface area contributed by atoms with Crippen molar-refractivity contribution in [3.63, 3.8) is 0 Å². The van der Waals surface area contributed by atoms with Gasteiger partial charge in [0.15, 0.2) is 0 Å². The molecule has 1 aliphatic rings. The van der Waals surface area contributed by atoms with Gasteiger partial charge >= 0.3 is 0 Å². The molecular weight excluding hydrogens is 186 g/mol. The third kappa shape index (κ3) is 3.81. The monoisotopic (exact) mass is 209 g/mol. The summed E-state index contributed by atoms with van der Waals surface area (Å²) in [6.07, 6.45) is 0.972. The van der Waals surface area contributed by atoms with Crippen LogP contribution >= 0.6 is 0 Å². The molecule has 1 heterocycles. The number of hydrogen-bond acceptors (Lipinski definition) is 3. The minimum atomic E-state index is -0.174. The van der Waals surface area contributed by atoms with Crippen LogP contribution < -0.4 is 0 Å². The lowest BCUT2D eigenvalue weighted by Gasteiger charge is -2.38. The zero-order valence-corrected chi connectivity index (χ0v) is 10.5. The van der Waals surface area contributed by atoms with E-state index >= 15 is 0 Å². The summed E-state index contributed by atoms with van der Waals surface area (Å²) in [6.45, 7) is 10.8. The largest absolute Gasteiger partial charge is 0.301 e. The minimum Gasteiger partial charge on any atom is -0.301 e. The van der Waals surface area contributed by atoms with E-state index in [0.717, 1.165) is 32.6 Å². The summed E-state index contributed by atoms with van der Waals surface area (Å²) < 4.78 is 0. The van der Waals surface area contributed by atoms with Crippen molar-refractivity contribution < 1.29 is 0 Å². The molecule has 0 bridgehead atoms. The predicted molar refractivity (Wildman–Crippen MR) is 62.5 cm³/mol. The topological polar surface area (TPSA) is 30.3 Å². The number of likely N-dealkylation sites (N-methyl/N-ethyl adjacent to an activating group) is 1. The highest BCUT2D eigenvalue weighted by molar-refractivity contribution is 4.92. The Labute approximate surface area is 93.7 Å². The SMILES string of the molecule is CC1CN(CCC(C)(C)C#N)CCN1C. The maximum Gasteiger partial charge on any atom is 0.0684 e. The fraction of sp³-hybridized carbons (Fsp3) is 0.917. The molecule has 0 radical (unpaired) electrons. The van der Waals surface area contributed by atoms with Crippen molar-refractivity contribution in [1.29, 1.82) is 5.26 Å². The number of piperazine rings is 1. The van der Waals surface area contributed by atoms with Crippen molar-refractivity contribution in [1.82, 2.24) is 9.80 Å². The molecule has 0 aromatic rings. The van der Waals surface area contributed by atoms with Gasteiger partial charge in [0, 0.05) is 25.7 Å². The van der Waals surface area contributed by atoms with Gasteiger partial charge in [0.25, 0.3) is 0 Å². The second kappa shape index (κ2) is 4.96. The standard InChI is InChI=1S/C12H23N3/c1-11-9-15(8-7-14(11)4)6-5-12(2,3)10-13/h11H,5-9H2,1-4H3. The van der Waals surface area contributed by atoms with Crippen LogP contribution in [0, 0.1) is 16.7 Å². The zero-order chi connectivity index (χ0) is 11.5. The molecule has 1 fully saturated rings. The molecule has 1 atom stereocenters. The lowest BCUT2D eigenvalue weighted by atomic mass is 9.91. The molecule has 0 N–H and O–H groups in total. The highest BCUT2D eigenvalue weighted by Crippen LogP contribution is 2.19. The van der Waals surface area contributed by atoms with Crippen LogP contribution in [-0.4, -0.2) is 49.1 Å². The smallest absolute Gasteiger partial charge is 0.0684 e. The average Bonchev–Trinajstić information content (AvgIpc) is 2.20. The first-order valence-corrected chi connectivity index (χ1v) is 5.78. The van der Waals surface area contributed by atoms with E-state index in [-0.39, 0.29) is 5.41 Å². The van der Waals surface area contributed by atoms with Crippen LogP contribution in [0.4, 0.5) is 0 Å². The Balaban J connectivity index is 2.32. The summed E-state index contributed by atoms with van der Waals surface area (Å²) in [4.78, 5) is 4.87. The molecule has 3 heteroatoms. The van der Waals surface area contributed by atoms with E-state index in [1.165, 1.54) is 0 Å². The molecule has 0 aromatic heterocycles. The summed E-state index contributed by atoms with van der Waals surface area (Å²) >= 11 is 0. The van der Waals surface area contributed by atoms with Gasteiger partial charge in [-0.1, -0.05) is 0 Å². The molecule has 1 unspecified atom stereocenters. The molecule has 15 heavy (non-hydrogen) atoms. The third-order valence-electron chi connectivity index (χ3n) is 3.40. The van der Waals surface area contributed by atoms with Gasteiger partial charge < -0.3 is 9.80 Å². The fourth-order valence-corrected chi connectivity index (χ4v) is 1.82. The molecule has 0 aromatic carbocycles. The fourth-order valence-electron chi connectivity index (χ4n) is 1.82. The summed E-state index contributed by atoms with van der Waals surface area (Å²) in [5, 5.41) is 8.94. The van der Waals surface area contributed by atoms with Crippen LogP contribution in [0.1, 0.15) is 27.2 Å². The second-order valence-corrected chi connectivity index (χ2v) is 5.38. The van der Waals surface area contributed by atoms with Crippen molar-refractivity contribution in [2.75, 3.05) is 33.2 Å². The molecule has 3 nitrogen and oxygen atoms in total. The van der Waals surface area contributed by atoms with Crippen LogP contribution in [-0.2, 0) is 0 Å². The summed E-state index contributed by atoms with van der Waals surface area (Å²) in [5.74, 6) is 0. The molecule has 1 rings (SSSR count). The highest BCUT2D eigenvalue weighted by Gasteiger charge is 2.23. The maximum atomic E-state index is 8.94. The van der Waals surface area contributed by atoms with Gasteiger partial charge in [0.1, 0.15) is 0 Å². The first-order chi connectivity index (χ1) is 6.94. The van der Waals surface area contributed by atoms with Gasteiger partial charge in [-0.15, -0.1) is 0 Å². The summed E-state index contributed by atoms with van der Waals surface area (Å²) in [5.41, 5.74) is -0.174. The molecule has 0 spiro atoms. The van der Waals surface area contributed by atoms with E-state index in [1.54, 1.807) is 0 Å². The molecule has 1 aliphatic heterocycles. The van der Waals surface area contributed by atoms with Gasteiger partial charge in [0.2, 0.25) is 0 Å². The second-order valence-electron chi connectivity index (χ2n) is 5.38. The molecule has 0 amide bonds. The molecule has 0 aliphatic carbocycles. The van der Waals surface area contributed by atoms with Gasteiger partial charge in [-0.2, -0.15) is 5.26 Å². The number of nitriles is 1. The molecule has 0 saturated carbocycles. The zero-order valence-electron chi connectivity index (χ0n) is 10.5. The van der Waals surface area contributed by atoms with Crippen molar-refractivity contribution in [2.45, 2.75) is 33.2 Å². The Morgan fingerprint density at radius 3 is 2.60 bits per heavy atom. The third-order valence-corrected chi connectivity index (χ3v) is 3.40. The average molecular weight is 209 g/mol. The molecular formula is C12H23N3. The first-order valence-electron chi connectivity index (χ1n) is 5.78.